The monoisotopic (exact) mass is 250 g/mol. The lowest BCUT2D eigenvalue weighted by Crippen LogP contribution is -2.12. The fourth-order valence-electron chi connectivity index (χ4n) is 1.36. The molecule has 0 atom stereocenters. The molecule has 0 saturated carbocycles. The fourth-order valence-corrected chi connectivity index (χ4v) is 1.53. The number of aromatic amines is 1. The van der Waals surface area contributed by atoms with E-state index in [0.29, 0.717) is 22.2 Å². The van der Waals surface area contributed by atoms with Gasteiger partial charge in [-0.05, 0) is 25.1 Å². The van der Waals surface area contributed by atoms with Gasteiger partial charge in [0, 0.05) is 16.8 Å². The van der Waals surface area contributed by atoms with E-state index >= 15 is 0 Å². The number of nitrogens with zero attached hydrogens (tertiary/aromatic N) is 1. The number of H-pyrrole nitrogens is 1. The summed E-state index contributed by atoms with van der Waals surface area (Å²) in [7, 11) is 0. The zero-order valence-corrected chi connectivity index (χ0v) is 9.88. The standard InChI is InChI=1S/C11H11ClN4O/c1-6-4-10(16-15-6)17-9-3-2-7(12)5-8(9)11(13)14/h2-5H,1H3,(H3,13,14)(H,15,16). The highest BCUT2D eigenvalue weighted by Crippen LogP contribution is 2.26. The summed E-state index contributed by atoms with van der Waals surface area (Å²) >= 11 is 5.84. The largest absolute Gasteiger partial charge is 0.437 e. The molecule has 2 rings (SSSR count). The molecule has 1 heterocycles. The summed E-state index contributed by atoms with van der Waals surface area (Å²) < 4.78 is 5.52. The lowest BCUT2D eigenvalue weighted by Gasteiger charge is -2.08. The minimum Gasteiger partial charge on any atom is -0.437 e. The van der Waals surface area contributed by atoms with Crippen molar-refractivity contribution in [2.24, 2.45) is 5.73 Å². The molecule has 17 heavy (non-hydrogen) atoms. The van der Waals surface area contributed by atoms with Crippen LogP contribution in [0.3, 0.4) is 0 Å². The van der Waals surface area contributed by atoms with Gasteiger partial charge in [-0.15, -0.1) is 5.10 Å². The van der Waals surface area contributed by atoms with E-state index in [4.69, 9.17) is 27.5 Å². The van der Waals surface area contributed by atoms with Gasteiger partial charge in [-0.2, -0.15) is 0 Å². The molecule has 0 bridgehead atoms. The molecule has 0 aliphatic heterocycles. The van der Waals surface area contributed by atoms with Gasteiger partial charge in [-0.1, -0.05) is 11.6 Å². The first-order chi connectivity index (χ1) is 8.06. The average Bonchev–Trinajstić information content (AvgIpc) is 2.66. The van der Waals surface area contributed by atoms with Gasteiger partial charge in [-0.3, -0.25) is 10.5 Å². The van der Waals surface area contributed by atoms with E-state index in [1.807, 2.05) is 6.92 Å². The Balaban J connectivity index is 2.35. The van der Waals surface area contributed by atoms with Gasteiger partial charge >= 0.3 is 0 Å². The van der Waals surface area contributed by atoms with Crippen LogP contribution in [0.25, 0.3) is 0 Å². The molecule has 0 amide bonds. The Morgan fingerprint density at radius 3 is 2.82 bits per heavy atom. The minimum atomic E-state index is -0.102. The van der Waals surface area contributed by atoms with Gasteiger partial charge in [0.15, 0.2) is 0 Å². The normalized spacial score (nSPS) is 10.2. The Labute approximate surface area is 103 Å². The summed E-state index contributed by atoms with van der Waals surface area (Å²) in [5.41, 5.74) is 6.79. The zero-order chi connectivity index (χ0) is 12.4. The maximum absolute atomic E-state index is 7.45. The van der Waals surface area contributed by atoms with Crippen molar-refractivity contribution in [3.63, 3.8) is 0 Å². The Bertz CT molecular complexity index is 564. The van der Waals surface area contributed by atoms with Crippen molar-refractivity contribution in [1.82, 2.24) is 10.2 Å². The number of ether oxygens (including phenoxy) is 1. The Hall–Kier alpha value is -2.01. The smallest absolute Gasteiger partial charge is 0.238 e. The number of halogens is 1. The molecule has 0 saturated heterocycles. The van der Waals surface area contributed by atoms with Gasteiger partial charge < -0.3 is 10.5 Å². The van der Waals surface area contributed by atoms with E-state index in [-0.39, 0.29) is 5.84 Å². The number of hydrogen-bond acceptors (Lipinski definition) is 3. The molecule has 1 aromatic heterocycles. The Kier molecular flexibility index (Phi) is 3.01. The van der Waals surface area contributed by atoms with Crippen LogP contribution < -0.4 is 10.5 Å². The van der Waals surface area contributed by atoms with E-state index in [2.05, 4.69) is 10.2 Å². The van der Waals surface area contributed by atoms with Crippen molar-refractivity contribution in [2.75, 3.05) is 0 Å². The van der Waals surface area contributed by atoms with Crippen LogP contribution in [0.4, 0.5) is 0 Å². The third-order valence-electron chi connectivity index (χ3n) is 2.13. The van der Waals surface area contributed by atoms with Crippen molar-refractivity contribution in [3.05, 3.63) is 40.5 Å². The summed E-state index contributed by atoms with van der Waals surface area (Å²) in [4.78, 5) is 0. The number of hydrogen-bond donors (Lipinski definition) is 3. The molecule has 0 aliphatic carbocycles. The molecular weight excluding hydrogens is 240 g/mol. The molecule has 5 nitrogen and oxygen atoms in total. The van der Waals surface area contributed by atoms with E-state index in [1.54, 1.807) is 24.3 Å². The van der Waals surface area contributed by atoms with Crippen molar-refractivity contribution in [1.29, 1.82) is 5.41 Å². The second-order valence-electron chi connectivity index (χ2n) is 3.55. The van der Waals surface area contributed by atoms with Crippen molar-refractivity contribution in [3.8, 4) is 11.6 Å². The number of aromatic nitrogens is 2. The highest BCUT2D eigenvalue weighted by molar-refractivity contribution is 6.31. The van der Waals surface area contributed by atoms with Crippen LogP contribution in [0.5, 0.6) is 11.6 Å². The molecule has 0 radical (unpaired) electrons. The molecule has 0 spiro atoms. The number of benzene rings is 1. The van der Waals surface area contributed by atoms with Crippen LogP contribution >= 0.6 is 11.6 Å². The molecule has 0 unspecified atom stereocenters. The zero-order valence-electron chi connectivity index (χ0n) is 9.12. The van der Waals surface area contributed by atoms with Gasteiger partial charge in [-0.25, -0.2) is 0 Å². The van der Waals surface area contributed by atoms with Crippen LogP contribution in [-0.2, 0) is 0 Å². The van der Waals surface area contributed by atoms with E-state index in [1.165, 1.54) is 0 Å². The minimum absolute atomic E-state index is 0.102. The molecule has 6 heteroatoms. The SMILES string of the molecule is Cc1cc(Oc2ccc(Cl)cc2C(=N)N)n[nH]1. The Morgan fingerprint density at radius 2 is 2.24 bits per heavy atom. The molecule has 4 N–H and O–H groups in total. The summed E-state index contributed by atoms with van der Waals surface area (Å²) in [6.45, 7) is 1.87. The van der Waals surface area contributed by atoms with Crippen molar-refractivity contribution >= 4 is 17.4 Å². The average molecular weight is 251 g/mol. The van der Waals surface area contributed by atoms with Crippen LogP contribution in [0.1, 0.15) is 11.3 Å². The first kappa shape index (κ1) is 11.5. The maximum Gasteiger partial charge on any atom is 0.238 e. The van der Waals surface area contributed by atoms with E-state index < -0.39 is 0 Å². The molecule has 0 aliphatic rings. The van der Waals surface area contributed by atoms with Crippen molar-refractivity contribution in [2.45, 2.75) is 6.92 Å². The quantitative estimate of drug-likeness (QED) is 0.577. The van der Waals surface area contributed by atoms with Gasteiger partial charge in [0.05, 0.1) is 5.56 Å². The second-order valence-corrected chi connectivity index (χ2v) is 3.98. The predicted molar refractivity (Wildman–Crippen MR) is 65.9 cm³/mol. The molecule has 2 aromatic rings. The highest BCUT2D eigenvalue weighted by atomic mass is 35.5. The van der Waals surface area contributed by atoms with E-state index in [0.717, 1.165) is 5.69 Å². The summed E-state index contributed by atoms with van der Waals surface area (Å²) in [5, 5.41) is 14.7. The summed E-state index contributed by atoms with van der Waals surface area (Å²) in [5.74, 6) is 0.774. The second kappa shape index (κ2) is 4.47. The number of nitrogen functional groups attached to an aromatic ring is 1. The number of nitrogens with one attached hydrogen (secondary N) is 2. The van der Waals surface area contributed by atoms with Gasteiger partial charge in [0.1, 0.15) is 11.6 Å². The Morgan fingerprint density at radius 1 is 1.47 bits per heavy atom. The summed E-state index contributed by atoms with van der Waals surface area (Å²) in [6.07, 6.45) is 0. The van der Waals surface area contributed by atoms with Crippen LogP contribution in [0.15, 0.2) is 24.3 Å². The number of aryl methyl sites for hydroxylation is 1. The molecular formula is C11H11ClN4O. The van der Waals surface area contributed by atoms with Crippen LogP contribution in [0.2, 0.25) is 5.02 Å². The van der Waals surface area contributed by atoms with Gasteiger partial charge in [0.25, 0.3) is 0 Å². The van der Waals surface area contributed by atoms with Crippen molar-refractivity contribution < 1.29 is 4.74 Å². The lowest BCUT2D eigenvalue weighted by molar-refractivity contribution is 0.460. The summed E-state index contributed by atoms with van der Waals surface area (Å²) in [6, 6.07) is 6.66. The fraction of sp³-hybridized carbons (Fsp3) is 0.0909. The molecule has 1 aromatic carbocycles. The number of nitrogens with two attached hydrogens (primary N) is 1. The van der Waals surface area contributed by atoms with Crippen LogP contribution in [-0.4, -0.2) is 16.0 Å². The molecule has 88 valence electrons. The molecule has 0 fully saturated rings. The first-order valence-electron chi connectivity index (χ1n) is 4.90. The third kappa shape index (κ3) is 2.57. The van der Waals surface area contributed by atoms with E-state index in [9.17, 15) is 0 Å². The predicted octanol–water partition coefficient (Wildman–Crippen LogP) is 2.45. The third-order valence-corrected chi connectivity index (χ3v) is 2.36. The topological polar surface area (TPSA) is 87.8 Å². The highest BCUT2D eigenvalue weighted by Gasteiger charge is 2.10. The number of rotatable bonds is 3. The van der Waals surface area contributed by atoms with Crippen LogP contribution in [0, 0.1) is 12.3 Å². The van der Waals surface area contributed by atoms with Gasteiger partial charge in [0.2, 0.25) is 5.88 Å². The maximum atomic E-state index is 7.45. The number of amidine groups is 1. The first-order valence-corrected chi connectivity index (χ1v) is 5.28. The lowest BCUT2D eigenvalue weighted by atomic mass is 10.2.